The molecule has 0 saturated heterocycles. The van der Waals surface area contributed by atoms with E-state index in [9.17, 15) is 8.78 Å². The van der Waals surface area contributed by atoms with Gasteiger partial charge in [-0.15, -0.1) is 0 Å². The zero-order valence-electron chi connectivity index (χ0n) is 16.2. The molecular formula is C25H17F2NO2. The summed E-state index contributed by atoms with van der Waals surface area (Å²) in [6, 6.07) is 20.3. The number of pyridine rings is 1. The average molecular weight is 401 g/mol. The Morgan fingerprint density at radius 1 is 0.800 bits per heavy atom. The number of nitrogens with zero attached hydrogens (tertiary/aromatic N) is 1. The number of benzene rings is 3. The standard InChI is InChI=1S/C25H17F2NO2/c1-29-19-9-4-15(5-10-19)20-13-23(16-2-6-17(26)7-3-16)28-25-21-12-18(27)8-11-24(21)30-14-22(20)25/h2-13H,14H2,1H3. The van der Waals surface area contributed by atoms with E-state index in [4.69, 9.17) is 14.5 Å². The molecule has 0 aliphatic carbocycles. The van der Waals surface area contributed by atoms with E-state index >= 15 is 0 Å². The summed E-state index contributed by atoms with van der Waals surface area (Å²) in [6.07, 6.45) is 0. The normalized spacial score (nSPS) is 12.0. The predicted molar refractivity (Wildman–Crippen MR) is 111 cm³/mol. The molecule has 30 heavy (non-hydrogen) atoms. The highest BCUT2D eigenvalue weighted by Gasteiger charge is 2.24. The molecule has 0 spiro atoms. The lowest BCUT2D eigenvalue weighted by Gasteiger charge is -2.24. The molecule has 0 amide bonds. The van der Waals surface area contributed by atoms with Gasteiger partial charge in [0.1, 0.15) is 29.7 Å². The van der Waals surface area contributed by atoms with Gasteiger partial charge in [-0.1, -0.05) is 12.1 Å². The van der Waals surface area contributed by atoms with Crippen LogP contribution in [0.5, 0.6) is 11.5 Å². The van der Waals surface area contributed by atoms with Gasteiger partial charge >= 0.3 is 0 Å². The molecule has 5 rings (SSSR count). The Hall–Kier alpha value is -3.73. The number of rotatable bonds is 3. The molecule has 1 aromatic heterocycles. The summed E-state index contributed by atoms with van der Waals surface area (Å²) in [7, 11) is 1.62. The summed E-state index contributed by atoms with van der Waals surface area (Å²) in [5.41, 5.74) is 5.50. The maximum Gasteiger partial charge on any atom is 0.129 e. The summed E-state index contributed by atoms with van der Waals surface area (Å²) in [5, 5.41) is 0. The van der Waals surface area contributed by atoms with E-state index < -0.39 is 0 Å². The van der Waals surface area contributed by atoms with Gasteiger partial charge in [0, 0.05) is 16.7 Å². The third-order valence-electron chi connectivity index (χ3n) is 5.23. The number of methoxy groups -OCH3 is 1. The van der Waals surface area contributed by atoms with Crippen molar-refractivity contribution in [1.82, 2.24) is 4.98 Å². The van der Waals surface area contributed by atoms with Gasteiger partial charge in [0.05, 0.1) is 18.5 Å². The number of aromatic nitrogens is 1. The Labute approximate surface area is 172 Å². The fraction of sp³-hybridized carbons (Fsp3) is 0.0800. The van der Waals surface area contributed by atoms with Crippen molar-refractivity contribution in [2.24, 2.45) is 0 Å². The second-order valence-corrected chi connectivity index (χ2v) is 7.05. The molecule has 0 bridgehead atoms. The molecule has 3 aromatic carbocycles. The van der Waals surface area contributed by atoms with Gasteiger partial charge in [-0.25, -0.2) is 13.8 Å². The number of halogens is 2. The van der Waals surface area contributed by atoms with E-state index in [1.165, 1.54) is 24.3 Å². The Morgan fingerprint density at radius 3 is 2.23 bits per heavy atom. The topological polar surface area (TPSA) is 31.4 Å². The van der Waals surface area contributed by atoms with Crippen LogP contribution in [0.15, 0.2) is 72.8 Å². The van der Waals surface area contributed by atoms with Crippen LogP contribution in [0.4, 0.5) is 8.78 Å². The lowest BCUT2D eigenvalue weighted by Crippen LogP contribution is -2.10. The van der Waals surface area contributed by atoms with Crippen molar-refractivity contribution in [2.45, 2.75) is 6.61 Å². The molecule has 3 nitrogen and oxygen atoms in total. The molecule has 0 N–H and O–H groups in total. The smallest absolute Gasteiger partial charge is 0.129 e. The van der Waals surface area contributed by atoms with Crippen LogP contribution in [0.2, 0.25) is 0 Å². The summed E-state index contributed by atoms with van der Waals surface area (Å²) in [4.78, 5) is 4.82. The first-order chi connectivity index (χ1) is 14.6. The Kier molecular flexibility index (Phi) is 4.43. The first-order valence-corrected chi connectivity index (χ1v) is 9.49. The quantitative estimate of drug-likeness (QED) is 0.406. The van der Waals surface area contributed by atoms with Crippen LogP contribution >= 0.6 is 0 Å². The zero-order valence-corrected chi connectivity index (χ0v) is 16.2. The molecule has 148 valence electrons. The maximum atomic E-state index is 14.0. The Balaban J connectivity index is 1.76. The predicted octanol–water partition coefficient (Wildman–Crippen LogP) is 6.26. The second kappa shape index (κ2) is 7.26. The van der Waals surface area contributed by atoms with Gasteiger partial charge in [-0.2, -0.15) is 0 Å². The van der Waals surface area contributed by atoms with Crippen LogP contribution < -0.4 is 9.47 Å². The van der Waals surface area contributed by atoms with E-state index in [1.807, 2.05) is 30.3 Å². The van der Waals surface area contributed by atoms with Crippen molar-refractivity contribution in [3.63, 3.8) is 0 Å². The second-order valence-electron chi connectivity index (χ2n) is 7.05. The minimum absolute atomic E-state index is 0.312. The van der Waals surface area contributed by atoms with E-state index in [-0.39, 0.29) is 11.6 Å². The van der Waals surface area contributed by atoms with E-state index in [0.29, 0.717) is 29.3 Å². The molecule has 1 aliphatic rings. The SMILES string of the molecule is COc1ccc(-c2cc(-c3ccc(F)cc3)nc3c2COc2ccc(F)cc2-3)cc1. The molecule has 0 saturated carbocycles. The molecule has 1 aliphatic heterocycles. The third kappa shape index (κ3) is 3.18. The molecule has 4 aromatic rings. The van der Waals surface area contributed by atoms with Crippen LogP contribution in [0, 0.1) is 11.6 Å². The maximum absolute atomic E-state index is 14.0. The van der Waals surface area contributed by atoms with Crippen molar-refractivity contribution in [3.8, 4) is 45.1 Å². The first-order valence-electron chi connectivity index (χ1n) is 9.49. The fourth-order valence-corrected chi connectivity index (χ4v) is 3.70. The van der Waals surface area contributed by atoms with E-state index in [2.05, 4.69) is 0 Å². The van der Waals surface area contributed by atoms with E-state index in [1.54, 1.807) is 25.3 Å². The highest BCUT2D eigenvalue weighted by molar-refractivity contribution is 5.83. The van der Waals surface area contributed by atoms with Gasteiger partial charge in [0.2, 0.25) is 0 Å². The zero-order chi connectivity index (χ0) is 20.7. The van der Waals surface area contributed by atoms with Crippen molar-refractivity contribution in [3.05, 3.63) is 90.0 Å². The molecule has 0 atom stereocenters. The number of hydrogen-bond acceptors (Lipinski definition) is 3. The highest BCUT2D eigenvalue weighted by Crippen LogP contribution is 2.42. The lowest BCUT2D eigenvalue weighted by molar-refractivity contribution is 0.301. The van der Waals surface area contributed by atoms with Gasteiger partial charge in [-0.05, 0) is 71.8 Å². The third-order valence-corrected chi connectivity index (χ3v) is 5.23. The average Bonchev–Trinajstić information content (AvgIpc) is 2.79. The molecule has 0 radical (unpaired) electrons. The summed E-state index contributed by atoms with van der Waals surface area (Å²) in [6.45, 7) is 0.325. The minimum atomic E-state index is -0.356. The summed E-state index contributed by atoms with van der Waals surface area (Å²) < 4.78 is 38.6. The minimum Gasteiger partial charge on any atom is -0.497 e. The first kappa shape index (κ1) is 18.3. The van der Waals surface area contributed by atoms with Crippen molar-refractivity contribution >= 4 is 0 Å². The van der Waals surface area contributed by atoms with Gasteiger partial charge in [0.25, 0.3) is 0 Å². The van der Waals surface area contributed by atoms with E-state index in [0.717, 1.165) is 28.0 Å². The summed E-state index contributed by atoms with van der Waals surface area (Å²) >= 11 is 0. The van der Waals surface area contributed by atoms with Crippen molar-refractivity contribution in [1.29, 1.82) is 0 Å². The molecule has 0 fully saturated rings. The Bertz CT molecular complexity index is 1240. The van der Waals surface area contributed by atoms with Crippen LogP contribution in [0.3, 0.4) is 0 Å². The van der Waals surface area contributed by atoms with Gasteiger partial charge in [-0.3, -0.25) is 0 Å². The van der Waals surface area contributed by atoms with Crippen LogP contribution in [-0.4, -0.2) is 12.1 Å². The number of hydrogen-bond donors (Lipinski definition) is 0. The molecule has 5 heteroatoms. The largest absolute Gasteiger partial charge is 0.497 e. The fourth-order valence-electron chi connectivity index (χ4n) is 3.70. The van der Waals surface area contributed by atoms with Crippen LogP contribution in [0.1, 0.15) is 5.56 Å². The van der Waals surface area contributed by atoms with Crippen LogP contribution in [0.25, 0.3) is 33.6 Å². The number of fused-ring (bicyclic) bond motifs is 3. The lowest BCUT2D eigenvalue weighted by atomic mass is 9.92. The van der Waals surface area contributed by atoms with Crippen molar-refractivity contribution in [2.75, 3.05) is 7.11 Å². The number of ether oxygens (including phenoxy) is 2. The highest BCUT2D eigenvalue weighted by atomic mass is 19.1. The van der Waals surface area contributed by atoms with Gasteiger partial charge < -0.3 is 9.47 Å². The van der Waals surface area contributed by atoms with Crippen molar-refractivity contribution < 1.29 is 18.3 Å². The molecular weight excluding hydrogens is 384 g/mol. The van der Waals surface area contributed by atoms with Gasteiger partial charge in [0.15, 0.2) is 0 Å². The Morgan fingerprint density at radius 2 is 1.50 bits per heavy atom. The molecule has 2 heterocycles. The molecule has 0 unspecified atom stereocenters. The summed E-state index contributed by atoms with van der Waals surface area (Å²) in [5.74, 6) is 0.676. The monoisotopic (exact) mass is 401 g/mol. The van der Waals surface area contributed by atoms with Crippen LogP contribution in [-0.2, 0) is 6.61 Å².